The highest BCUT2D eigenvalue weighted by molar-refractivity contribution is 5.80. The molecule has 134 valence electrons. The van der Waals surface area contributed by atoms with Gasteiger partial charge in [0.05, 0.1) is 6.17 Å². The van der Waals surface area contributed by atoms with E-state index >= 15 is 0 Å². The molecule has 0 aromatic carbocycles. The minimum Gasteiger partial charge on any atom is -0.338 e. The molecule has 2 aromatic heterocycles. The zero-order valence-electron chi connectivity index (χ0n) is 13.3. The quantitative estimate of drug-likeness (QED) is 0.776. The van der Waals surface area contributed by atoms with Crippen LogP contribution in [0.1, 0.15) is 36.7 Å². The monoisotopic (exact) mass is 354 g/mol. The number of halogens is 3. The minimum absolute atomic E-state index is 0.00476. The Bertz CT molecular complexity index is 732. The van der Waals surface area contributed by atoms with Crippen LogP contribution in [0, 0.1) is 0 Å². The molecular formula is C15H17F3N6O. The first-order valence-electron chi connectivity index (χ1n) is 7.68. The van der Waals surface area contributed by atoms with E-state index in [1.807, 2.05) is 12.1 Å². The second-order valence-corrected chi connectivity index (χ2v) is 5.77. The van der Waals surface area contributed by atoms with Crippen LogP contribution in [-0.2, 0) is 11.0 Å². The molecule has 0 spiro atoms. The van der Waals surface area contributed by atoms with Crippen LogP contribution in [0.3, 0.4) is 0 Å². The van der Waals surface area contributed by atoms with Crippen molar-refractivity contribution in [3.63, 3.8) is 0 Å². The molecule has 0 saturated carbocycles. The number of hydrogen-bond donors (Lipinski definition) is 3. The molecule has 1 fully saturated rings. The maximum absolute atomic E-state index is 12.6. The Kier molecular flexibility index (Phi) is 4.73. The number of carbonyl (C=O) groups excluding carboxylic acids is 1. The molecule has 0 radical (unpaired) electrons. The Hall–Kier alpha value is -2.46. The van der Waals surface area contributed by atoms with Crippen molar-refractivity contribution in [3.05, 3.63) is 48.0 Å². The summed E-state index contributed by atoms with van der Waals surface area (Å²) < 4.78 is 38.8. The average Bonchev–Trinajstić information content (AvgIpc) is 3.24. The molecule has 10 heteroatoms. The Morgan fingerprint density at radius 1 is 1.32 bits per heavy atom. The van der Waals surface area contributed by atoms with Gasteiger partial charge in [-0.3, -0.25) is 14.5 Å². The van der Waals surface area contributed by atoms with Crippen LogP contribution < -0.4 is 16.2 Å². The van der Waals surface area contributed by atoms with E-state index in [2.05, 4.69) is 26.3 Å². The summed E-state index contributed by atoms with van der Waals surface area (Å²) in [7, 11) is 0. The van der Waals surface area contributed by atoms with Crippen molar-refractivity contribution in [3.8, 4) is 0 Å². The lowest BCUT2D eigenvalue weighted by atomic mass is 10.1. The zero-order valence-corrected chi connectivity index (χ0v) is 13.3. The highest BCUT2D eigenvalue weighted by atomic mass is 19.4. The fraction of sp³-hybridized carbons (Fsp3) is 0.400. The molecular weight excluding hydrogens is 337 g/mol. The smallest absolute Gasteiger partial charge is 0.338 e. The second kappa shape index (κ2) is 6.81. The number of carbonyl (C=O) groups is 1. The molecule has 1 aliphatic rings. The molecule has 3 N–H and O–H groups in total. The van der Waals surface area contributed by atoms with Gasteiger partial charge in [0.15, 0.2) is 5.69 Å². The number of alkyl halides is 3. The van der Waals surface area contributed by atoms with Crippen molar-refractivity contribution in [2.24, 2.45) is 0 Å². The standard InChI is InChI=1S/C15H17F3N6O/c1-9(24-7-4-12(23-24)15(16,17)18)14(25)20-13-8-11(21-22-13)10-2-5-19-6-3-10/h2-7,9,11,13,21-22H,8H2,1H3,(H,20,25). The van der Waals surface area contributed by atoms with Gasteiger partial charge in [-0.15, -0.1) is 0 Å². The molecule has 2 aromatic rings. The van der Waals surface area contributed by atoms with E-state index in [1.54, 1.807) is 12.4 Å². The van der Waals surface area contributed by atoms with Crippen LogP contribution in [-0.4, -0.2) is 26.8 Å². The summed E-state index contributed by atoms with van der Waals surface area (Å²) in [5, 5.41) is 6.18. The normalized spacial score (nSPS) is 21.9. The number of amides is 1. The summed E-state index contributed by atoms with van der Waals surface area (Å²) in [6, 6.07) is 3.73. The van der Waals surface area contributed by atoms with Crippen LogP contribution in [0.25, 0.3) is 0 Å². The summed E-state index contributed by atoms with van der Waals surface area (Å²) in [5.74, 6) is -0.425. The summed E-state index contributed by atoms with van der Waals surface area (Å²) in [5.41, 5.74) is 6.03. The highest BCUT2D eigenvalue weighted by Gasteiger charge is 2.34. The maximum atomic E-state index is 12.6. The molecule has 3 unspecified atom stereocenters. The van der Waals surface area contributed by atoms with E-state index in [0.29, 0.717) is 6.42 Å². The number of pyridine rings is 1. The molecule has 1 aliphatic heterocycles. The molecule has 0 bridgehead atoms. The van der Waals surface area contributed by atoms with Crippen LogP contribution in [0.4, 0.5) is 13.2 Å². The number of aromatic nitrogens is 3. The average molecular weight is 354 g/mol. The van der Waals surface area contributed by atoms with E-state index < -0.39 is 23.8 Å². The van der Waals surface area contributed by atoms with Crippen LogP contribution in [0.5, 0.6) is 0 Å². The zero-order chi connectivity index (χ0) is 18.0. The van der Waals surface area contributed by atoms with Crippen LogP contribution in [0.15, 0.2) is 36.8 Å². The van der Waals surface area contributed by atoms with Gasteiger partial charge in [0.1, 0.15) is 6.04 Å². The van der Waals surface area contributed by atoms with Crippen molar-refractivity contribution in [1.29, 1.82) is 0 Å². The van der Waals surface area contributed by atoms with Crippen LogP contribution in [0.2, 0.25) is 0 Å². The summed E-state index contributed by atoms with van der Waals surface area (Å²) in [6.45, 7) is 1.49. The Labute approximate surface area is 141 Å². The Morgan fingerprint density at radius 2 is 2.04 bits per heavy atom. The summed E-state index contributed by atoms with van der Waals surface area (Å²) >= 11 is 0. The van der Waals surface area contributed by atoms with Gasteiger partial charge < -0.3 is 5.32 Å². The third-order valence-corrected chi connectivity index (χ3v) is 4.00. The van der Waals surface area contributed by atoms with Gasteiger partial charge in [-0.1, -0.05) is 0 Å². The number of rotatable bonds is 4. The third kappa shape index (κ3) is 3.97. The second-order valence-electron chi connectivity index (χ2n) is 5.77. The topological polar surface area (TPSA) is 83.9 Å². The number of nitrogens with zero attached hydrogens (tertiary/aromatic N) is 3. The number of hydrazine groups is 1. The number of hydrogen-bond acceptors (Lipinski definition) is 5. The van der Waals surface area contributed by atoms with Crippen LogP contribution >= 0.6 is 0 Å². The first kappa shape index (κ1) is 17.4. The molecule has 3 heterocycles. The van der Waals surface area contributed by atoms with Gasteiger partial charge in [-0.05, 0) is 30.7 Å². The molecule has 1 saturated heterocycles. The maximum Gasteiger partial charge on any atom is 0.435 e. The molecule has 3 atom stereocenters. The van der Waals surface area contributed by atoms with E-state index in [4.69, 9.17) is 0 Å². The lowest BCUT2D eigenvalue weighted by molar-refractivity contribution is -0.142. The third-order valence-electron chi connectivity index (χ3n) is 4.00. The van der Waals surface area contributed by atoms with E-state index in [9.17, 15) is 18.0 Å². The van der Waals surface area contributed by atoms with Crippen molar-refractivity contribution in [2.45, 2.75) is 37.8 Å². The molecule has 1 amide bonds. The Balaban J connectivity index is 1.58. The summed E-state index contributed by atoms with van der Waals surface area (Å²) in [4.78, 5) is 16.2. The predicted molar refractivity (Wildman–Crippen MR) is 81.7 cm³/mol. The lowest BCUT2D eigenvalue weighted by Crippen LogP contribution is -2.46. The molecule has 25 heavy (non-hydrogen) atoms. The van der Waals surface area contributed by atoms with Gasteiger partial charge in [0, 0.05) is 31.1 Å². The summed E-state index contributed by atoms with van der Waals surface area (Å²) in [6.07, 6.45) is 0.228. The molecule has 7 nitrogen and oxygen atoms in total. The fourth-order valence-corrected chi connectivity index (χ4v) is 2.58. The molecule has 0 aliphatic carbocycles. The minimum atomic E-state index is -4.53. The highest BCUT2D eigenvalue weighted by Crippen LogP contribution is 2.28. The fourth-order valence-electron chi connectivity index (χ4n) is 2.58. The predicted octanol–water partition coefficient (Wildman–Crippen LogP) is 1.54. The van der Waals surface area contributed by atoms with E-state index in [1.165, 1.54) is 6.92 Å². The van der Waals surface area contributed by atoms with Gasteiger partial charge in [0.25, 0.3) is 0 Å². The van der Waals surface area contributed by atoms with Crippen molar-refractivity contribution in [1.82, 2.24) is 30.9 Å². The Morgan fingerprint density at radius 3 is 2.68 bits per heavy atom. The van der Waals surface area contributed by atoms with Crippen molar-refractivity contribution in [2.75, 3.05) is 0 Å². The first-order chi connectivity index (χ1) is 11.8. The van der Waals surface area contributed by atoms with Crippen molar-refractivity contribution < 1.29 is 18.0 Å². The lowest BCUT2D eigenvalue weighted by Gasteiger charge is -2.17. The molecule has 3 rings (SSSR count). The van der Waals surface area contributed by atoms with Gasteiger partial charge in [-0.2, -0.15) is 18.3 Å². The largest absolute Gasteiger partial charge is 0.435 e. The van der Waals surface area contributed by atoms with E-state index in [0.717, 1.165) is 22.5 Å². The van der Waals surface area contributed by atoms with Crippen molar-refractivity contribution >= 4 is 5.91 Å². The SMILES string of the molecule is CC(C(=O)NC1CC(c2ccncc2)NN1)n1ccc(C(F)(F)F)n1. The van der Waals surface area contributed by atoms with Gasteiger partial charge in [0.2, 0.25) is 5.91 Å². The van der Waals surface area contributed by atoms with Gasteiger partial charge in [-0.25, -0.2) is 10.9 Å². The number of nitrogens with one attached hydrogen (secondary N) is 3. The van der Waals surface area contributed by atoms with E-state index in [-0.39, 0.29) is 12.2 Å². The first-order valence-corrected chi connectivity index (χ1v) is 7.68. The van der Waals surface area contributed by atoms with Gasteiger partial charge >= 0.3 is 6.18 Å².